The lowest BCUT2D eigenvalue weighted by molar-refractivity contribution is -0.124. The maximum Gasteiger partial charge on any atom is 0.239 e. The molecule has 0 aliphatic carbocycles. The molecule has 2 atom stereocenters. The van der Waals surface area contributed by atoms with E-state index in [4.69, 9.17) is 10.5 Å². The van der Waals surface area contributed by atoms with Gasteiger partial charge in [-0.2, -0.15) is 0 Å². The number of nitrogens with one attached hydrogen (secondary N) is 1. The van der Waals surface area contributed by atoms with Crippen LogP contribution < -0.4 is 11.1 Å². The maximum atomic E-state index is 14.1. The minimum atomic E-state index is -0.787. The van der Waals surface area contributed by atoms with Crippen LogP contribution in [-0.2, 0) is 16.0 Å². The van der Waals surface area contributed by atoms with Crippen LogP contribution in [0.3, 0.4) is 0 Å². The van der Waals surface area contributed by atoms with Crippen molar-refractivity contribution < 1.29 is 13.9 Å². The van der Waals surface area contributed by atoms with Crippen LogP contribution >= 0.6 is 0 Å². The van der Waals surface area contributed by atoms with Crippen molar-refractivity contribution in [1.82, 2.24) is 5.32 Å². The predicted octanol–water partition coefficient (Wildman–Crippen LogP) is 2.20. The molecule has 0 fully saturated rings. The first-order chi connectivity index (χ1) is 11.1. The summed E-state index contributed by atoms with van der Waals surface area (Å²) >= 11 is 0. The number of amides is 1. The van der Waals surface area contributed by atoms with Crippen molar-refractivity contribution in [2.24, 2.45) is 5.73 Å². The summed E-state index contributed by atoms with van der Waals surface area (Å²) in [5, 5.41) is 2.82. The zero-order chi connectivity index (χ0) is 16.7. The molecule has 2 unspecified atom stereocenters. The molecule has 0 heterocycles. The van der Waals surface area contributed by atoms with E-state index in [1.165, 1.54) is 13.2 Å². The molecule has 2 aromatic rings. The molecule has 1 amide bonds. The Morgan fingerprint density at radius 2 is 1.83 bits per heavy atom. The van der Waals surface area contributed by atoms with Gasteiger partial charge in [-0.15, -0.1) is 0 Å². The first-order valence-electron chi connectivity index (χ1n) is 7.45. The number of benzene rings is 2. The van der Waals surface area contributed by atoms with Crippen LogP contribution in [-0.4, -0.2) is 25.7 Å². The molecule has 5 heteroatoms. The van der Waals surface area contributed by atoms with E-state index in [1.807, 2.05) is 30.3 Å². The summed E-state index contributed by atoms with van der Waals surface area (Å²) in [5.74, 6) is -0.718. The van der Waals surface area contributed by atoms with E-state index in [0.717, 1.165) is 5.56 Å². The number of carbonyl (C=O) groups excluding carboxylic acids is 1. The summed E-state index contributed by atoms with van der Waals surface area (Å²) in [7, 11) is 1.48. The lowest BCUT2D eigenvalue weighted by Crippen LogP contribution is -2.45. The fraction of sp³-hybridized carbons (Fsp3) is 0.278. The highest BCUT2D eigenvalue weighted by molar-refractivity contribution is 5.82. The van der Waals surface area contributed by atoms with Gasteiger partial charge in [-0.1, -0.05) is 48.5 Å². The molecule has 3 N–H and O–H groups in total. The van der Waals surface area contributed by atoms with Gasteiger partial charge >= 0.3 is 0 Å². The highest BCUT2D eigenvalue weighted by atomic mass is 19.1. The van der Waals surface area contributed by atoms with Crippen LogP contribution in [0.2, 0.25) is 0 Å². The molecule has 0 spiro atoms. The number of nitrogens with two attached hydrogens (primary N) is 1. The largest absolute Gasteiger partial charge is 0.383 e. The molecule has 0 aromatic heterocycles. The van der Waals surface area contributed by atoms with Gasteiger partial charge in [0.2, 0.25) is 5.91 Å². The fourth-order valence-electron chi connectivity index (χ4n) is 2.38. The quantitative estimate of drug-likeness (QED) is 0.823. The molecule has 0 saturated carbocycles. The summed E-state index contributed by atoms with van der Waals surface area (Å²) in [4.78, 5) is 12.2. The lowest BCUT2D eigenvalue weighted by Gasteiger charge is -2.22. The van der Waals surface area contributed by atoms with Crippen molar-refractivity contribution in [3.05, 3.63) is 71.5 Å². The molecule has 2 rings (SSSR count). The molecule has 0 bridgehead atoms. The SMILES string of the molecule is COCC(N)C(=O)NC(Cc1ccccc1)c1ccccc1F. The van der Waals surface area contributed by atoms with E-state index in [9.17, 15) is 9.18 Å². The van der Waals surface area contributed by atoms with E-state index in [2.05, 4.69) is 5.32 Å². The number of halogens is 1. The Morgan fingerprint density at radius 1 is 1.17 bits per heavy atom. The second-order valence-electron chi connectivity index (χ2n) is 5.33. The number of methoxy groups -OCH3 is 1. The smallest absolute Gasteiger partial charge is 0.239 e. The second kappa shape index (κ2) is 8.41. The van der Waals surface area contributed by atoms with Crippen molar-refractivity contribution in [3.8, 4) is 0 Å². The van der Waals surface area contributed by atoms with Gasteiger partial charge in [-0.25, -0.2) is 4.39 Å². The van der Waals surface area contributed by atoms with E-state index in [1.54, 1.807) is 18.2 Å². The van der Waals surface area contributed by atoms with Gasteiger partial charge in [-0.05, 0) is 18.1 Å². The van der Waals surface area contributed by atoms with Crippen molar-refractivity contribution >= 4 is 5.91 Å². The third-order valence-electron chi connectivity index (χ3n) is 3.56. The van der Waals surface area contributed by atoms with Crippen LogP contribution in [0.25, 0.3) is 0 Å². The van der Waals surface area contributed by atoms with Crippen LogP contribution in [0.5, 0.6) is 0 Å². The number of hydrogen-bond acceptors (Lipinski definition) is 3. The van der Waals surface area contributed by atoms with E-state index < -0.39 is 12.1 Å². The van der Waals surface area contributed by atoms with E-state index in [-0.39, 0.29) is 18.3 Å². The second-order valence-corrected chi connectivity index (χ2v) is 5.33. The Morgan fingerprint density at radius 3 is 2.48 bits per heavy atom. The molecule has 4 nitrogen and oxygen atoms in total. The summed E-state index contributed by atoms with van der Waals surface area (Å²) in [6, 6.07) is 14.8. The van der Waals surface area contributed by atoms with Gasteiger partial charge in [0, 0.05) is 12.7 Å². The maximum absolute atomic E-state index is 14.1. The molecule has 2 aromatic carbocycles. The number of hydrogen-bond donors (Lipinski definition) is 2. The van der Waals surface area contributed by atoms with Gasteiger partial charge in [0.05, 0.1) is 12.6 Å². The molecule has 23 heavy (non-hydrogen) atoms. The predicted molar refractivity (Wildman–Crippen MR) is 87.3 cm³/mol. The number of rotatable bonds is 7. The lowest BCUT2D eigenvalue weighted by atomic mass is 9.98. The third-order valence-corrected chi connectivity index (χ3v) is 3.56. The Bertz CT molecular complexity index is 634. The van der Waals surface area contributed by atoms with Crippen molar-refractivity contribution in [2.45, 2.75) is 18.5 Å². The monoisotopic (exact) mass is 316 g/mol. The van der Waals surface area contributed by atoms with Gasteiger partial charge in [-0.3, -0.25) is 4.79 Å². The molecule has 0 aliphatic heterocycles. The standard InChI is InChI=1S/C18H21FN2O2/c1-23-12-16(20)18(22)21-17(11-13-7-3-2-4-8-13)14-9-5-6-10-15(14)19/h2-10,16-17H,11-12,20H2,1H3,(H,21,22). The zero-order valence-corrected chi connectivity index (χ0v) is 13.0. The van der Waals surface area contributed by atoms with Crippen molar-refractivity contribution in [3.63, 3.8) is 0 Å². The number of carbonyl (C=O) groups is 1. The van der Waals surface area contributed by atoms with E-state index in [0.29, 0.717) is 12.0 Å². The summed E-state index contributed by atoms with van der Waals surface area (Å²) < 4.78 is 19.0. The average molecular weight is 316 g/mol. The van der Waals surface area contributed by atoms with E-state index >= 15 is 0 Å². The zero-order valence-electron chi connectivity index (χ0n) is 13.0. The Balaban J connectivity index is 2.21. The number of ether oxygens (including phenoxy) is 1. The molecule has 0 saturated heterocycles. The summed E-state index contributed by atoms with van der Waals surface area (Å²) in [6.07, 6.45) is 0.479. The minimum Gasteiger partial charge on any atom is -0.383 e. The third kappa shape index (κ3) is 4.87. The van der Waals surface area contributed by atoms with Gasteiger partial charge in [0.25, 0.3) is 0 Å². The summed E-state index contributed by atoms with van der Waals surface area (Å²) in [5.41, 5.74) is 7.20. The normalized spacial score (nSPS) is 13.3. The molecule has 0 aliphatic rings. The first-order valence-corrected chi connectivity index (χ1v) is 7.45. The first kappa shape index (κ1) is 17.1. The highest BCUT2D eigenvalue weighted by Crippen LogP contribution is 2.21. The van der Waals surface area contributed by atoms with Gasteiger partial charge in [0.15, 0.2) is 0 Å². The van der Waals surface area contributed by atoms with Crippen LogP contribution in [0.4, 0.5) is 4.39 Å². The topological polar surface area (TPSA) is 64.3 Å². The van der Waals surface area contributed by atoms with Crippen LogP contribution in [0.15, 0.2) is 54.6 Å². The van der Waals surface area contributed by atoms with Crippen molar-refractivity contribution in [1.29, 1.82) is 0 Å². The highest BCUT2D eigenvalue weighted by Gasteiger charge is 2.21. The Kier molecular flexibility index (Phi) is 6.26. The van der Waals surface area contributed by atoms with Crippen LogP contribution in [0, 0.1) is 5.82 Å². The van der Waals surface area contributed by atoms with Crippen molar-refractivity contribution in [2.75, 3.05) is 13.7 Å². The van der Waals surface area contributed by atoms with Gasteiger partial charge < -0.3 is 15.8 Å². The molecule has 0 radical (unpaired) electrons. The van der Waals surface area contributed by atoms with Crippen LogP contribution in [0.1, 0.15) is 17.2 Å². The molecular formula is C18H21FN2O2. The molecular weight excluding hydrogens is 295 g/mol. The Hall–Kier alpha value is -2.24. The minimum absolute atomic E-state index is 0.112. The summed E-state index contributed by atoms with van der Waals surface area (Å²) in [6.45, 7) is 0.112. The molecule has 122 valence electrons. The Labute approximate surface area is 135 Å². The average Bonchev–Trinajstić information content (AvgIpc) is 2.56. The van der Waals surface area contributed by atoms with Gasteiger partial charge in [0.1, 0.15) is 11.9 Å². The fourth-order valence-corrected chi connectivity index (χ4v) is 2.38.